The lowest BCUT2D eigenvalue weighted by Crippen LogP contribution is -2.34. The van der Waals surface area contributed by atoms with Crippen molar-refractivity contribution in [1.82, 2.24) is 9.62 Å². The number of rotatable bonds is 6. The molecule has 6 heteroatoms. The molecule has 0 aromatic carbocycles. The molecule has 5 nitrogen and oxygen atoms in total. The highest BCUT2D eigenvalue weighted by Crippen LogP contribution is 2.19. The van der Waals surface area contributed by atoms with Crippen molar-refractivity contribution < 1.29 is 13.2 Å². The Labute approximate surface area is 104 Å². The van der Waals surface area contributed by atoms with E-state index in [4.69, 9.17) is 0 Å². The molecule has 17 heavy (non-hydrogen) atoms. The summed E-state index contributed by atoms with van der Waals surface area (Å²) >= 11 is 0. The predicted molar refractivity (Wildman–Crippen MR) is 67.0 cm³/mol. The van der Waals surface area contributed by atoms with Crippen LogP contribution in [0.4, 0.5) is 0 Å². The molecule has 1 fully saturated rings. The molecule has 0 bridgehead atoms. The summed E-state index contributed by atoms with van der Waals surface area (Å²) in [6.07, 6.45) is 1.06. The van der Waals surface area contributed by atoms with Gasteiger partial charge >= 0.3 is 0 Å². The Morgan fingerprint density at radius 3 is 2.59 bits per heavy atom. The average molecular weight is 262 g/mol. The SMILES string of the molecule is CCCS(=O)(=O)NCC1CC(=O)N(C(C)C)C1. The summed E-state index contributed by atoms with van der Waals surface area (Å²) in [5.41, 5.74) is 0. The van der Waals surface area contributed by atoms with Crippen molar-refractivity contribution in [2.24, 2.45) is 5.92 Å². The molecule has 1 saturated heterocycles. The number of sulfonamides is 1. The lowest BCUT2D eigenvalue weighted by molar-refractivity contribution is -0.129. The van der Waals surface area contributed by atoms with E-state index in [0.717, 1.165) is 0 Å². The highest BCUT2D eigenvalue weighted by Gasteiger charge is 2.31. The summed E-state index contributed by atoms with van der Waals surface area (Å²) in [7, 11) is -3.15. The van der Waals surface area contributed by atoms with Crippen molar-refractivity contribution in [3.63, 3.8) is 0 Å². The van der Waals surface area contributed by atoms with Crippen LogP contribution in [-0.2, 0) is 14.8 Å². The molecule has 0 aromatic heterocycles. The van der Waals surface area contributed by atoms with Gasteiger partial charge in [0.25, 0.3) is 0 Å². The molecule has 1 N–H and O–H groups in total. The van der Waals surface area contributed by atoms with Crippen molar-refractivity contribution in [3.8, 4) is 0 Å². The van der Waals surface area contributed by atoms with E-state index in [2.05, 4.69) is 4.72 Å². The first-order chi connectivity index (χ1) is 7.85. The Balaban J connectivity index is 2.43. The van der Waals surface area contributed by atoms with Gasteiger partial charge in [0, 0.05) is 25.6 Å². The smallest absolute Gasteiger partial charge is 0.223 e. The molecule has 1 heterocycles. The number of hydrogen-bond donors (Lipinski definition) is 1. The second-order valence-corrected chi connectivity index (χ2v) is 6.80. The van der Waals surface area contributed by atoms with Crippen LogP contribution in [0.15, 0.2) is 0 Å². The molecule has 1 aliphatic rings. The molecule has 1 atom stereocenters. The Bertz CT molecular complexity index is 365. The molecule has 1 amide bonds. The van der Waals surface area contributed by atoms with Crippen molar-refractivity contribution >= 4 is 15.9 Å². The number of nitrogens with zero attached hydrogens (tertiary/aromatic N) is 1. The van der Waals surface area contributed by atoms with E-state index in [1.54, 1.807) is 4.90 Å². The van der Waals surface area contributed by atoms with Gasteiger partial charge < -0.3 is 4.90 Å². The van der Waals surface area contributed by atoms with Gasteiger partial charge in [-0.1, -0.05) is 6.92 Å². The summed E-state index contributed by atoms with van der Waals surface area (Å²) < 4.78 is 25.5. The molecule has 0 saturated carbocycles. The zero-order chi connectivity index (χ0) is 13.1. The molecule has 0 aliphatic carbocycles. The fourth-order valence-corrected chi connectivity index (χ4v) is 3.20. The van der Waals surface area contributed by atoms with Gasteiger partial charge in [-0.15, -0.1) is 0 Å². The third-order valence-corrected chi connectivity index (χ3v) is 4.48. The van der Waals surface area contributed by atoms with E-state index in [9.17, 15) is 13.2 Å². The predicted octanol–water partition coefficient (Wildman–Crippen LogP) is 0.573. The van der Waals surface area contributed by atoms with Crippen molar-refractivity contribution in [1.29, 1.82) is 0 Å². The van der Waals surface area contributed by atoms with Gasteiger partial charge in [-0.2, -0.15) is 0 Å². The molecule has 0 aromatic rings. The number of hydrogen-bond acceptors (Lipinski definition) is 3. The highest BCUT2D eigenvalue weighted by atomic mass is 32.2. The van der Waals surface area contributed by atoms with Crippen LogP contribution in [-0.4, -0.2) is 44.1 Å². The van der Waals surface area contributed by atoms with Crippen LogP contribution in [0.5, 0.6) is 0 Å². The van der Waals surface area contributed by atoms with Crippen LogP contribution in [0, 0.1) is 5.92 Å². The van der Waals surface area contributed by atoms with Crippen molar-refractivity contribution in [3.05, 3.63) is 0 Å². The second-order valence-electron chi connectivity index (χ2n) is 4.88. The summed E-state index contributed by atoms with van der Waals surface area (Å²) in [5, 5.41) is 0. The molecular weight excluding hydrogens is 240 g/mol. The Kier molecular flexibility index (Phi) is 4.94. The monoisotopic (exact) mass is 262 g/mol. The number of nitrogens with one attached hydrogen (secondary N) is 1. The van der Waals surface area contributed by atoms with Gasteiger partial charge in [0.1, 0.15) is 0 Å². The Morgan fingerprint density at radius 2 is 2.12 bits per heavy atom. The van der Waals surface area contributed by atoms with E-state index in [-0.39, 0.29) is 23.6 Å². The quantitative estimate of drug-likeness (QED) is 0.761. The first-order valence-corrected chi connectivity index (χ1v) is 7.77. The number of carbonyl (C=O) groups is 1. The molecule has 1 aliphatic heterocycles. The zero-order valence-corrected chi connectivity index (χ0v) is 11.6. The minimum Gasteiger partial charge on any atom is -0.340 e. The molecule has 100 valence electrons. The third-order valence-electron chi connectivity index (χ3n) is 2.93. The van der Waals surface area contributed by atoms with Crippen LogP contribution < -0.4 is 4.72 Å². The number of amides is 1. The van der Waals surface area contributed by atoms with Gasteiger partial charge in [-0.3, -0.25) is 4.79 Å². The number of likely N-dealkylation sites (tertiary alicyclic amines) is 1. The lowest BCUT2D eigenvalue weighted by atomic mass is 10.1. The van der Waals surface area contributed by atoms with Gasteiger partial charge in [-0.25, -0.2) is 13.1 Å². The van der Waals surface area contributed by atoms with Crippen LogP contribution in [0.2, 0.25) is 0 Å². The van der Waals surface area contributed by atoms with E-state index in [1.807, 2.05) is 20.8 Å². The Morgan fingerprint density at radius 1 is 1.47 bits per heavy atom. The fourth-order valence-electron chi connectivity index (χ4n) is 2.03. The zero-order valence-electron chi connectivity index (χ0n) is 10.8. The first-order valence-electron chi connectivity index (χ1n) is 6.12. The van der Waals surface area contributed by atoms with Gasteiger partial charge in [0.2, 0.25) is 15.9 Å². The Hall–Kier alpha value is -0.620. The minimum absolute atomic E-state index is 0.108. The van der Waals surface area contributed by atoms with Crippen LogP contribution >= 0.6 is 0 Å². The maximum atomic E-state index is 11.6. The molecule has 0 spiro atoms. The normalized spacial score (nSPS) is 21.5. The van der Waals surface area contributed by atoms with Crippen molar-refractivity contribution in [2.75, 3.05) is 18.8 Å². The van der Waals surface area contributed by atoms with Crippen molar-refractivity contribution in [2.45, 2.75) is 39.7 Å². The van der Waals surface area contributed by atoms with Crippen LogP contribution in [0.25, 0.3) is 0 Å². The maximum absolute atomic E-state index is 11.6. The van der Waals surface area contributed by atoms with Gasteiger partial charge in [0.05, 0.1) is 5.75 Å². The third kappa shape index (κ3) is 4.27. The number of carbonyl (C=O) groups excluding carboxylic acids is 1. The van der Waals surface area contributed by atoms with Crippen LogP contribution in [0.3, 0.4) is 0 Å². The van der Waals surface area contributed by atoms with E-state index < -0.39 is 10.0 Å². The van der Waals surface area contributed by atoms with E-state index >= 15 is 0 Å². The average Bonchev–Trinajstić information content (AvgIpc) is 2.57. The molecule has 1 rings (SSSR count). The summed E-state index contributed by atoms with van der Waals surface area (Å²) in [5.74, 6) is 0.387. The fraction of sp³-hybridized carbons (Fsp3) is 0.909. The summed E-state index contributed by atoms with van der Waals surface area (Å²) in [6, 6.07) is 0.194. The molecular formula is C11H22N2O3S. The highest BCUT2D eigenvalue weighted by molar-refractivity contribution is 7.89. The van der Waals surface area contributed by atoms with E-state index in [0.29, 0.717) is 25.9 Å². The largest absolute Gasteiger partial charge is 0.340 e. The van der Waals surface area contributed by atoms with Crippen LogP contribution in [0.1, 0.15) is 33.6 Å². The second kappa shape index (κ2) is 5.82. The van der Waals surface area contributed by atoms with Gasteiger partial charge in [0.15, 0.2) is 0 Å². The van der Waals surface area contributed by atoms with Gasteiger partial charge in [-0.05, 0) is 26.2 Å². The maximum Gasteiger partial charge on any atom is 0.223 e. The topological polar surface area (TPSA) is 66.5 Å². The van der Waals surface area contributed by atoms with E-state index in [1.165, 1.54) is 0 Å². The lowest BCUT2D eigenvalue weighted by Gasteiger charge is -2.21. The molecule has 1 unspecified atom stereocenters. The summed E-state index contributed by atoms with van der Waals surface area (Å²) in [6.45, 7) is 6.81. The molecule has 0 radical (unpaired) electrons. The minimum atomic E-state index is -3.15. The first kappa shape index (κ1) is 14.4. The summed E-state index contributed by atoms with van der Waals surface area (Å²) in [4.78, 5) is 13.4. The standard InChI is InChI=1S/C11H22N2O3S/c1-4-5-17(15,16)12-7-10-6-11(14)13(8-10)9(2)3/h9-10,12H,4-8H2,1-3H3.